The van der Waals surface area contributed by atoms with Crippen LogP contribution < -0.4 is 11.1 Å². The molecule has 1 aliphatic heterocycles. The van der Waals surface area contributed by atoms with E-state index in [0.29, 0.717) is 0 Å². The van der Waals surface area contributed by atoms with Crippen LogP contribution in [0.3, 0.4) is 0 Å². The van der Waals surface area contributed by atoms with Crippen LogP contribution in [-0.2, 0) is 11.2 Å². The van der Waals surface area contributed by atoms with Crippen molar-refractivity contribution in [3.63, 3.8) is 0 Å². The van der Waals surface area contributed by atoms with Gasteiger partial charge in [-0.25, -0.2) is 0 Å². The third-order valence-corrected chi connectivity index (χ3v) is 3.57. The fourth-order valence-electron chi connectivity index (χ4n) is 2.51. The van der Waals surface area contributed by atoms with Crippen molar-refractivity contribution in [2.75, 3.05) is 6.54 Å². The van der Waals surface area contributed by atoms with Gasteiger partial charge in [0.1, 0.15) is 0 Å². The summed E-state index contributed by atoms with van der Waals surface area (Å²) >= 11 is 0. The van der Waals surface area contributed by atoms with E-state index in [1.165, 1.54) is 11.1 Å². The minimum Gasteiger partial charge on any atom is -0.369 e. The Morgan fingerprint density at radius 3 is 2.71 bits per heavy atom. The molecule has 1 aromatic carbocycles. The summed E-state index contributed by atoms with van der Waals surface area (Å²) in [4.78, 5) is 11.4. The normalized spacial score (nSPS) is 24.5. The van der Waals surface area contributed by atoms with Gasteiger partial charge in [0.2, 0.25) is 5.91 Å². The zero-order valence-electron chi connectivity index (χ0n) is 10.3. The van der Waals surface area contributed by atoms with E-state index in [9.17, 15) is 4.79 Å². The first-order valence-corrected chi connectivity index (χ1v) is 6.34. The summed E-state index contributed by atoms with van der Waals surface area (Å²) in [5, 5.41) is 3.40. The van der Waals surface area contributed by atoms with Crippen molar-refractivity contribution in [1.29, 1.82) is 0 Å². The van der Waals surface area contributed by atoms with E-state index in [1.54, 1.807) is 0 Å². The van der Waals surface area contributed by atoms with Crippen LogP contribution in [0, 0.1) is 5.92 Å². The number of aryl methyl sites for hydroxylation is 1. The quantitative estimate of drug-likeness (QED) is 0.834. The predicted molar refractivity (Wildman–Crippen MR) is 68.5 cm³/mol. The van der Waals surface area contributed by atoms with E-state index in [0.717, 1.165) is 25.8 Å². The second-order valence-electron chi connectivity index (χ2n) is 4.68. The molecule has 1 aromatic rings. The van der Waals surface area contributed by atoms with Crippen LogP contribution in [0.1, 0.15) is 36.9 Å². The minimum absolute atomic E-state index is 0.0729. The van der Waals surface area contributed by atoms with Crippen molar-refractivity contribution in [3.05, 3.63) is 35.4 Å². The van der Waals surface area contributed by atoms with Gasteiger partial charge in [-0.05, 0) is 36.9 Å². The lowest BCUT2D eigenvalue weighted by molar-refractivity contribution is -0.123. The van der Waals surface area contributed by atoms with E-state index in [1.807, 2.05) is 0 Å². The van der Waals surface area contributed by atoms with Gasteiger partial charge in [-0.1, -0.05) is 31.2 Å². The van der Waals surface area contributed by atoms with E-state index < -0.39 is 0 Å². The first-order chi connectivity index (χ1) is 8.22. The fourth-order valence-corrected chi connectivity index (χ4v) is 2.51. The molecule has 1 aliphatic rings. The maximum absolute atomic E-state index is 11.4. The SMILES string of the molecule is CCc1ccc(C2NCCCC2C(N)=O)cc1. The molecule has 3 heteroatoms. The van der Waals surface area contributed by atoms with Gasteiger partial charge >= 0.3 is 0 Å². The summed E-state index contributed by atoms with van der Waals surface area (Å²) in [5.74, 6) is -0.266. The highest BCUT2D eigenvalue weighted by molar-refractivity contribution is 5.77. The maximum atomic E-state index is 11.4. The van der Waals surface area contributed by atoms with Crippen molar-refractivity contribution in [2.24, 2.45) is 11.7 Å². The van der Waals surface area contributed by atoms with Crippen molar-refractivity contribution < 1.29 is 4.79 Å². The van der Waals surface area contributed by atoms with Crippen LogP contribution in [0.2, 0.25) is 0 Å². The number of nitrogens with two attached hydrogens (primary N) is 1. The number of benzene rings is 1. The van der Waals surface area contributed by atoms with Gasteiger partial charge in [-0.2, -0.15) is 0 Å². The number of hydrogen-bond donors (Lipinski definition) is 2. The van der Waals surface area contributed by atoms with Crippen molar-refractivity contribution in [2.45, 2.75) is 32.2 Å². The third-order valence-electron chi connectivity index (χ3n) is 3.57. The molecule has 0 aromatic heterocycles. The molecule has 3 nitrogen and oxygen atoms in total. The Hall–Kier alpha value is -1.35. The van der Waals surface area contributed by atoms with Gasteiger partial charge in [0.05, 0.1) is 5.92 Å². The van der Waals surface area contributed by atoms with Crippen LogP contribution >= 0.6 is 0 Å². The summed E-state index contributed by atoms with van der Waals surface area (Å²) in [6.07, 6.45) is 2.96. The number of amides is 1. The van der Waals surface area contributed by atoms with Crippen LogP contribution in [0.5, 0.6) is 0 Å². The van der Waals surface area contributed by atoms with Gasteiger partial charge in [0, 0.05) is 6.04 Å². The molecule has 1 heterocycles. The minimum atomic E-state index is -0.193. The molecule has 2 atom stereocenters. The second-order valence-corrected chi connectivity index (χ2v) is 4.68. The Labute approximate surface area is 102 Å². The molecular formula is C14H20N2O. The van der Waals surface area contributed by atoms with Crippen LogP contribution in [0.4, 0.5) is 0 Å². The van der Waals surface area contributed by atoms with Crippen molar-refractivity contribution in [3.8, 4) is 0 Å². The largest absolute Gasteiger partial charge is 0.369 e. The number of primary amides is 1. The van der Waals surface area contributed by atoms with Crippen molar-refractivity contribution in [1.82, 2.24) is 5.32 Å². The zero-order valence-corrected chi connectivity index (χ0v) is 10.3. The maximum Gasteiger partial charge on any atom is 0.222 e. The molecule has 0 saturated carbocycles. The number of piperidine rings is 1. The monoisotopic (exact) mass is 232 g/mol. The summed E-state index contributed by atoms with van der Waals surface area (Å²) in [7, 11) is 0. The first kappa shape index (κ1) is 12.1. The summed E-state index contributed by atoms with van der Waals surface area (Å²) in [5.41, 5.74) is 7.96. The molecule has 1 amide bonds. The molecule has 0 spiro atoms. The number of carbonyl (C=O) groups excluding carboxylic acids is 1. The number of rotatable bonds is 3. The Morgan fingerprint density at radius 1 is 1.41 bits per heavy atom. The molecule has 17 heavy (non-hydrogen) atoms. The molecule has 1 fully saturated rings. The van der Waals surface area contributed by atoms with E-state index in [-0.39, 0.29) is 17.9 Å². The van der Waals surface area contributed by atoms with E-state index in [4.69, 9.17) is 5.73 Å². The topological polar surface area (TPSA) is 55.1 Å². The average Bonchev–Trinajstić information content (AvgIpc) is 2.39. The fraction of sp³-hybridized carbons (Fsp3) is 0.500. The van der Waals surface area contributed by atoms with E-state index >= 15 is 0 Å². The first-order valence-electron chi connectivity index (χ1n) is 6.34. The highest BCUT2D eigenvalue weighted by Crippen LogP contribution is 2.29. The molecule has 2 unspecified atom stereocenters. The van der Waals surface area contributed by atoms with Gasteiger partial charge in [-0.15, -0.1) is 0 Å². The van der Waals surface area contributed by atoms with Gasteiger partial charge < -0.3 is 11.1 Å². The molecule has 2 rings (SSSR count). The lowest BCUT2D eigenvalue weighted by atomic mass is 9.85. The van der Waals surface area contributed by atoms with E-state index in [2.05, 4.69) is 36.5 Å². The summed E-state index contributed by atoms with van der Waals surface area (Å²) in [6.45, 7) is 3.10. The lowest BCUT2D eigenvalue weighted by Gasteiger charge is -2.31. The number of carbonyl (C=O) groups is 1. The molecule has 0 aliphatic carbocycles. The van der Waals surface area contributed by atoms with Crippen molar-refractivity contribution >= 4 is 5.91 Å². The Balaban J connectivity index is 2.20. The second kappa shape index (κ2) is 5.32. The van der Waals surface area contributed by atoms with Gasteiger partial charge in [0.15, 0.2) is 0 Å². The lowest BCUT2D eigenvalue weighted by Crippen LogP contribution is -2.40. The predicted octanol–water partition coefficient (Wildman–Crippen LogP) is 1.77. The molecular weight excluding hydrogens is 212 g/mol. The molecule has 3 N–H and O–H groups in total. The van der Waals surface area contributed by atoms with Gasteiger partial charge in [0.25, 0.3) is 0 Å². The molecule has 92 valence electrons. The highest BCUT2D eigenvalue weighted by Gasteiger charge is 2.29. The Morgan fingerprint density at radius 2 is 2.12 bits per heavy atom. The smallest absolute Gasteiger partial charge is 0.222 e. The molecule has 0 radical (unpaired) electrons. The van der Waals surface area contributed by atoms with Crippen LogP contribution in [-0.4, -0.2) is 12.5 Å². The Kier molecular flexibility index (Phi) is 3.79. The molecule has 0 bridgehead atoms. The van der Waals surface area contributed by atoms with Crippen LogP contribution in [0.15, 0.2) is 24.3 Å². The zero-order chi connectivity index (χ0) is 12.3. The van der Waals surface area contributed by atoms with Crippen LogP contribution in [0.25, 0.3) is 0 Å². The van der Waals surface area contributed by atoms with Gasteiger partial charge in [-0.3, -0.25) is 4.79 Å². The Bertz CT molecular complexity index is 386. The highest BCUT2D eigenvalue weighted by atomic mass is 16.1. The standard InChI is InChI=1S/C14H20N2O/c1-2-10-5-7-11(8-6-10)13-12(14(15)17)4-3-9-16-13/h5-8,12-13,16H,2-4,9H2,1H3,(H2,15,17). The average molecular weight is 232 g/mol. The third kappa shape index (κ3) is 2.67. The summed E-state index contributed by atoms with van der Waals surface area (Å²) < 4.78 is 0. The summed E-state index contributed by atoms with van der Waals surface area (Å²) in [6, 6.07) is 8.57. The molecule has 1 saturated heterocycles. The number of hydrogen-bond acceptors (Lipinski definition) is 2. The number of nitrogens with one attached hydrogen (secondary N) is 1.